The third kappa shape index (κ3) is 2.04. The number of hydrogen-bond donors (Lipinski definition) is 1. The molecule has 0 saturated carbocycles. The topological polar surface area (TPSA) is 37.3 Å². The van der Waals surface area contributed by atoms with Gasteiger partial charge in [-0.3, -0.25) is 0 Å². The van der Waals surface area contributed by atoms with Crippen LogP contribution in [-0.4, -0.2) is 11.1 Å². The Bertz CT molecular complexity index is 793. The fraction of sp³-hybridized carbons (Fsp3) is 0. The van der Waals surface area contributed by atoms with E-state index in [1.807, 2.05) is 48.5 Å². The second kappa shape index (κ2) is 4.99. The molecule has 0 bridgehead atoms. The van der Waals surface area contributed by atoms with Gasteiger partial charge in [-0.2, -0.15) is 0 Å². The minimum absolute atomic E-state index is 0.698. The highest BCUT2D eigenvalue weighted by molar-refractivity contribution is 6.41. The number of hydrogen-bond acceptors (Lipinski definition) is 1. The summed E-state index contributed by atoms with van der Waals surface area (Å²) in [7, 11) is 0. The van der Waals surface area contributed by atoms with E-state index in [1.54, 1.807) is 6.08 Å². The van der Waals surface area contributed by atoms with Gasteiger partial charge in [-0.15, -0.1) is 0 Å². The SMILES string of the molecule is O=C(O)/C=C/c1c2ccccc2c(Cl)c2ccccc12. The van der Waals surface area contributed by atoms with Crippen molar-refractivity contribution in [1.29, 1.82) is 0 Å². The van der Waals surface area contributed by atoms with Crippen LogP contribution >= 0.6 is 11.6 Å². The molecule has 1 N–H and O–H groups in total. The molecule has 0 spiro atoms. The van der Waals surface area contributed by atoms with Crippen molar-refractivity contribution in [3.63, 3.8) is 0 Å². The molecule has 0 aromatic heterocycles. The predicted octanol–water partition coefficient (Wildman–Crippen LogP) is 4.74. The van der Waals surface area contributed by atoms with Crippen molar-refractivity contribution in [2.45, 2.75) is 0 Å². The lowest BCUT2D eigenvalue weighted by atomic mass is 9.96. The van der Waals surface area contributed by atoms with E-state index in [2.05, 4.69) is 0 Å². The van der Waals surface area contributed by atoms with Crippen LogP contribution in [0.2, 0.25) is 5.02 Å². The number of carboxylic acids is 1. The molecule has 3 aromatic rings. The summed E-state index contributed by atoms with van der Waals surface area (Å²) in [6.07, 6.45) is 2.78. The first-order valence-corrected chi connectivity index (χ1v) is 6.56. The normalized spacial score (nSPS) is 11.4. The van der Waals surface area contributed by atoms with E-state index < -0.39 is 5.97 Å². The lowest BCUT2D eigenvalue weighted by Crippen LogP contribution is -1.89. The molecule has 0 atom stereocenters. The maximum atomic E-state index is 10.8. The molecule has 98 valence electrons. The highest BCUT2D eigenvalue weighted by atomic mass is 35.5. The average molecular weight is 283 g/mol. The first-order valence-electron chi connectivity index (χ1n) is 6.18. The molecule has 0 aliphatic rings. The Labute approximate surface area is 120 Å². The molecule has 0 amide bonds. The van der Waals surface area contributed by atoms with Crippen molar-refractivity contribution >= 4 is 45.2 Å². The third-order valence-corrected chi connectivity index (χ3v) is 3.71. The predicted molar refractivity (Wildman–Crippen MR) is 83.1 cm³/mol. The van der Waals surface area contributed by atoms with E-state index in [0.29, 0.717) is 5.02 Å². The molecule has 20 heavy (non-hydrogen) atoms. The monoisotopic (exact) mass is 282 g/mol. The largest absolute Gasteiger partial charge is 0.478 e. The Morgan fingerprint density at radius 1 is 0.900 bits per heavy atom. The van der Waals surface area contributed by atoms with Crippen molar-refractivity contribution in [2.75, 3.05) is 0 Å². The number of rotatable bonds is 2. The summed E-state index contributed by atoms with van der Waals surface area (Å²) in [5.41, 5.74) is 0.878. The number of carboxylic acid groups (broad SMARTS) is 1. The van der Waals surface area contributed by atoms with Gasteiger partial charge < -0.3 is 5.11 Å². The van der Waals surface area contributed by atoms with Crippen LogP contribution in [-0.2, 0) is 4.79 Å². The van der Waals surface area contributed by atoms with Gasteiger partial charge in [0.2, 0.25) is 0 Å². The molecule has 0 aliphatic carbocycles. The Morgan fingerprint density at radius 3 is 1.80 bits per heavy atom. The van der Waals surface area contributed by atoms with Gasteiger partial charge in [-0.1, -0.05) is 60.1 Å². The zero-order chi connectivity index (χ0) is 14.1. The van der Waals surface area contributed by atoms with Crippen LogP contribution in [0.15, 0.2) is 54.6 Å². The minimum Gasteiger partial charge on any atom is -0.478 e. The van der Waals surface area contributed by atoms with Gasteiger partial charge in [0, 0.05) is 16.8 Å². The molecule has 2 nitrogen and oxygen atoms in total. The van der Waals surface area contributed by atoms with Crippen LogP contribution in [0, 0.1) is 0 Å². The van der Waals surface area contributed by atoms with Gasteiger partial charge in [0.15, 0.2) is 0 Å². The third-order valence-electron chi connectivity index (χ3n) is 3.30. The number of carbonyl (C=O) groups is 1. The number of aliphatic carboxylic acids is 1. The Kier molecular flexibility index (Phi) is 3.17. The Balaban J connectivity index is 2.49. The maximum absolute atomic E-state index is 10.8. The number of fused-ring (bicyclic) bond motifs is 2. The second-order valence-electron chi connectivity index (χ2n) is 4.49. The molecule has 0 saturated heterocycles. The summed E-state index contributed by atoms with van der Waals surface area (Å²) in [5, 5.41) is 13.3. The highest BCUT2D eigenvalue weighted by Gasteiger charge is 2.10. The van der Waals surface area contributed by atoms with Gasteiger partial charge in [0.05, 0.1) is 5.02 Å². The van der Waals surface area contributed by atoms with Crippen molar-refractivity contribution in [1.82, 2.24) is 0 Å². The lowest BCUT2D eigenvalue weighted by Gasteiger charge is -2.10. The van der Waals surface area contributed by atoms with Gasteiger partial charge >= 0.3 is 5.97 Å². The standard InChI is InChI=1S/C17H11ClO2/c18-17-14-7-3-1-5-11(14)13(9-10-16(19)20)12-6-2-4-8-15(12)17/h1-10H,(H,19,20)/b10-9+. The van der Waals surface area contributed by atoms with Crippen LogP contribution in [0.5, 0.6) is 0 Å². The first-order chi connectivity index (χ1) is 9.68. The van der Waals surface area contributed by atoms with E-state index in [1.165, 1.54) is 0 Å². The molecular formula is C17H11ClO2. The Morgan fingerprint density at radius 2 is 1.35 bits per heavy atom. The molecular weight excluding hydrogens is 272 g/mol. The molecule has 3 rings (SSSR count). The van der Waals surface area contributed by atoms with Crippen molar-refractivity contribution in [3.8, 4) is 0 Å². The van der Waals surface area contributed by atoms with Gasteiger partial charge in [-0.25, -0.2) is 4.79 Å². The van der Waals surface area contributed by atoms with Gasteiger partial charge in [0.25, 0.3) is 0 Å². The summed E-state index contributed by atoms with van der Waals surface area (Å²) in [4.78, 5) is 10.8. The molecule has 3 heteroatoms. The summed E-state index contributed by atoms with van der Waals surface area (Å²) in [6, 6.07) is 15.5. The fourth-order valence-corrected chi connectivity index (χ4v) is 2.77. The molecule has 0 aliphatic heterocycles. The molecule has 0 heterocycles. The molecule has 0 unspecified atom stereocenters. The smallest absolute Gasteiger partial charge is 0.328 e. The molecule has 0 radical (unpaired) electrons. The van der Waals surface area contributed by atoms with Crippen molar-refractivity contribution < 1.29 is 9.90 Å². The van der Waals surface area contributed by atoms with E-state index in [-0.39, 0.29) is 0 Å². The van der Waals surface area contributed by atoms with E-state index in [9.17, 15) is 4.79 Å². The quantitative estimate of drug-likeness (QED) is 0.544. The van der Waals surface area contributed by atoms with Crippen molar-refractivity contribution in [2.24, 2.45) is 0 Å². The highest BCUT2D eigenvalue weighted by Crippen LogP contribution is 2.36. The van der Waals surface area contributed by atoms with Crippen molar-refractivity contribution in [3.05, 3.63) is 65.2 Å². The van der Waals surface area contributed by atoms with Crippen LogP contribution in [0.4, 0.5) is 0 Å². The van der Waals surface area contributed by atoms with Crippen LogP contribution in [0.25, 0.3) is 27.6 Å². The minimum atomic E-state index is -0.965. The zero-order valence-electron chi connectivity index (χ0n) is 10.5. The molecule has 0 fully saturated rings. The average Bonchev–Trinajstić information content (AvgIpc) is 2.47. The van der Waals surface area contributed by atoms with E-state index in [0.717, 1.165) is 33.2 Å². The summed E-state index contributed by atoms with van der Waals surface area (Å²) >= 11 is 6.47. The van der Waals surface area contributed by atoms with Gasteiger partial charge in [-0.05, 0) is 22.4 Å². The number of benzene rings is 3. The fourth-order valence-electron chi connectivity index (χ4n) is 2.44. The van der Waals surface area contributed by atoms with E-state index in [4.69, 9.17) is 16.7 Å². The zero-order valence-corrected chi connectivity index (χ0v) is 11.3. The summed E-state index contributed by atoms with van der Waals surface area (Å²) < 4.78 is 0. The Hall–Kier alpha value is -2.32. The first kappa shape index (κ1) is 12.7. The summed E-state index contributed by atoms with van der Waals surface area (Å²) in [6.45, 7) is 0. The lowest BCUT2D eigenvalue weighted by molar-refractivity contribution is -0.131. The maximum Gasteiger partial charge on any atom is 0.328 e. The second-order valence-corrected chi connectivity index (χ2v) is 4.87. The van der Waals surface area contributed by atoms with Gasteiger partial charge in [0.1, 0.15) is 0 Å². The van der Waals surface area contributed by atoms with Crippen LogP contribution in [0.3, 0.4) is 0 Å². The number of halogens is 1. The van der Waals surface area contributed by atoms with Crippen LogP contribution in [0.1, 0.15) is 5.56 Å². The summed E-state index contributed by atoms with van der Waals surface area (Å²) in [5.74, 6) is -0.965. The van der Waals surface area contributed by atoms with E-state index >= 15 is 0 Å². The van der Waals surface area contributed by atoms with Crippen LogP contribution < -0.4 is 0 Å². The molecule has 3 aromatic carbocycles.